The molecule has 0 aliphatic heterocycles. The molecule has 0 saturated carbocycles. The monoisotopic (exact) mass is 281 g/mol. The van der Waals surface area contributed by atoms with Crippen LogP contribution in [0.15, 0.2) is 24.3 Å². The number of hydrogen-bond donors (Lipinski definition) is 1. The van der Waals surface area contributed by atoms with Crippen LogP contribution in [0.5, 0.6) is 0 Å². The van der Waals surface area contributed by atoms with Crippen molar-refractivity contribution in [1.82, 2.24) is 24.9 Å². The molecule has 1 aromatic carbocycles. The van der Waals surface area contributed by atoms with Gasteiger partial charge in [-0.05, 0) is 36.4 Å². The van der Waals surface area contributed by atoms with E-state index in [0.29, 0.717) is 5.82 Å². The molecule has 2 aromatic rings. The Kier molecular flexibility index (Phi) is 3.91. The van der Waals surface area contributed by atoms with Crippen molar-refractivity contribution in [3.05, 3.63) is 35.7 Å². The summed E-state index contributed by atoms with van der Waals surface area (Å²) in [6.45, 7) is 3.63. The minimum absolute atomic E-state index is 0.0269. The van der Waals surface area contributed by atoms with E-state index in [1.54, 1.807) is 6.92 Å². The number of rotatable bonds is 5. The Morgan fingerprint density at radius 2 is 1.95 bits per heavy atom. The van der Waals surface area contributed by atoms with Crippen molar-refractivity contribution >= 4 is 10.0 Å². The number of aromatic nitrogens is 4. The molecular formula is C11H15N5O2S. The van der Waals surface area contributed by atoms with Crippen LogP contribution in [-0.4, -0.2) is 34.4 Å². The van der Waals surface area contributed by atoms with Gasteiger partial charge in [-0.25, -0.2) is 13.1 Å². The maximum atomic E-state index is 11.4. The summed E-state index contributed by atoms with van der Waals surface area (Å²) in [5, 5.41) is 11.3. The van der Waals surface area contributed by atoms with Crippen LogP contribution in [0.2, 0.25) is 0 Å². The molecule has 7 nitrogen and oxygen atoms in total. The standard InChI is InChI=1S/C11H15N5O2S/c1-3-19(17,18)12-8-11-13-14-15-16(11)10-6-4-9(2)5-7-10/h4-7,12H,3,8H2,1-2H3. The lowest BCUT2D eigenvalue weighted by atomic mass is 10.2. The fourth-order valence-corrected chi connectivity index (χ4v) is 2.03. The topological polar surface area (TPSA) is 89.8 Å². The number of nitrogens with one attached hydrogen (secondary N) is 1. The van der Waals surface area contributed by atoms with Crippen LogP contribution in [0.25, 0.3) is 5.69 Å². The largest absolute Gasteiger partial charge is 0.212 e. The third-order valence-corrected chi connectivity index (χ3v) is 3.99. The number of nitrogens with zero attached hydrogens (tertiary/aromatic N) is 4. The van der Waals surface area contributed by atoms with Crippen LogP contribution in [0.1, 0.15) is 18.3 Å². The van der Waals surface area contributed by atoms with Crippen molar-refractivity contribution < 1.29 is 8.42 Å². The molecule has 19 heavy (non-hydrogen) atoms. The molecule has 0 radical (unpaired) electrons. The van der Waals surface area contributed by atoms with Crippen LogP contribution in [0.3, 0.4) is 0 Å². The molecule has 1 heterocycles. The highest BCUT2D eigenvalue weighted by Gasteiger charge is 2.12. The fraction of sp³-hybridized carbons (Fsp3) is 0.364. The van der Waals surface area contributed by atoms with Crippen LogP contribution >= 0.6 is 0 Å². The Bertz CT molecular complexity index is 648. The van der Waals surface area contributed by atoms with Gasteiger partial charge in [-0.15, -0.1) is 5.10 Å². The van der Waals surface area contributed by atoms with E-state index in [2.05, 4.69) is 20.2 Å². The zero-order valence-corrected chi connectivity index (χ0v) is 11.6. The van der Waals surface area contributed by atoms with Crippen LogP contribution in [0, 0.1) is 6.92 Å². The average Bonchev–Trinajstić information content (AvgIpc) is 2.86. The number of benzene rings is 1. The van der Waals surface area contributed by atoms with Gasteiger partial charge < -0.3 is 0 Å². The van der Waals surface area contributed by atoms with E-state index in [4.69, 9.17) is 0 Å². The SMILES string of the molecule is CCS(=O)(=O)NCc1nnnn1-c1ccc(C)cc1. The number of tetrazole rings is 1. The molecular weight excluding hydrogens is 266 g/mol. The molecule has 0 bridgehead atoms. The lowest BCUT2D eigenvalue weighted by Crippen LogP contribution is -2.26. The first kappa shape index (κ1) is 13.6. The molecule has 0 aliphatic rings. The number of hydrogen-bond acceptors (Lipinski definition) is 5. The molecule has 0 spiro atoms. The molecule has 2 rings (SSSR count). The van der Waals surface area contributed by atoms with Crippen molar-refractivity contribution in [1.29, 1.82) is 0 Å². The van der Waals surface area contributed by atoms with Gasteiger partial charge in [0.2, 0.25) is 10.0 Å². The predicted molar refractivity (Wildman–Crippen MR) is 70.2 cm³/mol. The molecule has 0 unspecified atom stereocenters. The van der Waals surface area contributed by atoms with Gasteiger partial charge in [0.15, 0.2) is 5.82 Å². The Morgan fingerprint density at radius 3 is 2.58 bits per heavy atom. The molecule has 1 aromatic heterocycles. The Morgan fingerprint density at radius 1 is 1.26 bits per heavy atom. The minimum Gasteiger partial charge on any atom is -0.212 e. The Balaban J connectivity index is 2.21. The van der Waals surface area contributed by atoms with Gasteiger partial charge in [0, 0.05) is 0 Å². The summed E-state index contributed by atoms with van der Waals surface area (Å²) in [4.78, 5) is 0. The van der Waals surface area contributed by atoms with E-state index in [0.717, 1.165) is 11.3 Å². The normalized spacial score (nSPS) is 11.7. The Hall–Kier alpha value is -1.80. The summed E-state index contributed by atoms with van der Waals surface area (Å²) in [6, 6.07) is 7.64. The lowest BCUT2D eigenvalue weighted by molar-refractivity contribution is 0.579. The van der Waals surface area contributed by atoms with Gasteiger partial charge in [0.1, 0.15) is 0 Å². The molecule has 0 aliphatic carbocycles. The van der Waals surface area contributed by atoms with Gasteiger partial charge in [0.05, 0.1) is 18.0 Å². The molecule has 0 fully saturated rings. The van der Waals surface area contributed by atoms with Crippen LogP contribution in [0.4, 0.5) is 0 Å². The molecule has 0 saturated heterocycles. The molecule has 0 atom stereocenters. The van der Waals surface area contributed by atoms with Gasteiger partial charge in [-0.1, -0.05) is 17.7 Å². The van der Waals surface area contributed by atoms with E-state index < -0.39 is 10.0 Å². The lowest BCUT2D eigenvalue weighted by Gasteiger charge is -2.06. The summed E-state index contributed by atoms with van der Waals surface area (Å²) in [6.07, 6.45) is 0. The second-order valence-corrected chi connectivity index (χ2v) is 6.16. The van der Waals surface area contributed by atoms with E-state index >= 15 is 0 Å². The smallest absolute Gasteiger partial charge is 0.211 e. The summed E-state index contributed by atoms with van der Waals surface area (Å²) >= 11 is 0. The summed E-state index contributed by atoms with van der Waals surface area (Å²) in [5.41, 5.74) is 1.92. The highest BCUT2D eigenvalue weighted by molar-refractivity contribution is 7.89. The first-order chi connectivity index (χ1) is 9.02. The van der Waals surface area contributed by atoms with Crippen molar-refractivity contribution in [2.75, 3.05) is 5.75 Å². The molecule has 0 amide bonds. The second kappa shape index (κ2) is 5.45. The summed E-state index contributed by atoms with van der Waals surface area (Å²) < 4.78 is 26.7. The highest BCUT2D eigenvalue weighted by Crippen LogP contribution is 2.09. The highest BCUT2D eigenvalue weighted by atomic mass is 32.2. The minimum atomic E-state index is -3.26. The van der Waals surface area contributed by atoms with Crippen molar-refractivity contribution in [3.8, 4) is 5.69 Å². The third-order valence-electron chi connectivity index (χ3n) is 2.64. The molecule has 8 heteroatoms. The van der Waals surface area contributed by atoms with Gasteiger partial charge >= 0.3 is 0 Å². The van der Waals surface area contributed by atoms with E-state index in [1.165, 1.54) is 4.68 Å². The van der Waals surface area contributed by atoms with Crippen molar-refractivity contribution in [2.24, 2.45) is 0 Å². The summed E-state index contributed by atoms with van der Waals surface area (Å²) in [5.74, 6) is 0.472. The van der Waals surface area contributed by atoms with Crippen LogP contribution in [-0.2, 0) is 16.6 Å². The van der Waals surface area contributed by atoms with Gasteiger partial charge in [-0.3, -0.25) is 0 Å². The molecule has 1 N–H and O–H groups in total. The quantitative estimate of drug-likeness (QED) is 0.857. The van der Waals surface area contributed by atoms with Gasteiger partial charge in [-0.2, -0.15) is 4.68 Å². The second-order valence-electron chi connectivity index (χ2n) is 4.07. The fourth-order valence-electron chi connectivity index (χ4n) is 1.48. The first-order valence-corrected chi connectivity index (χ1v) is 7.48. The van der Waals surface area contributed by atoms with E-state index in [-0.39, 0.29) is 12.3 Å². The maximum absolute atomic E-state index is 11.4. The van der Waals surface area contributed by atoms with Gasteiger partial charge in [0.25, 0.3) is 0 Å². The average molecular weight is 281 g/mol. The van der Waals surface area contributed by atoms with E-state index in [9.17, 15) is 8.42 Å². The first-order valence-electron chi connectivity index (χ1n) is 5.83. The summed E-state index contributed by atoms with van der Waals surface area (Å²) in [7, 11) is -3.26. The Labute approximate surface area is 111 Å². The number of aryl methyl sites for hydroxylation is 1. The zero-order valence-electron chi connectivity index (χ0n) is 10.7. The predicted octanol–water partition coefficient (Wildman–Crippen LogP) is 0.410. The zero-order chi connectivity index (χ0) is 13.9. The maximum Gasteiger partial charge on any atom is 0.211 e. The van der Waals surface area contributed by atoms with E-state index in [1.807, 2.05) is 31.2 Å². The molecule has 102 valence electrons. The van der Waals surface area contributed by atoms with Crippen molar-refractivity contribution in [2.45, 2.75) is 20.4 Å². The van der Waals surface area contributed by atoms with Crippen LogP contribution < -0.4 is 4.72 Å². The third kappa shape index (κ3) is 3.36. The van der Waals surface area contributed by atoms with Crippen molar-refractivity contribution in [3.63, 3.8) is 0 Å². The number of sulfonamides is 1.